The minimum absolute atomic E-state index is 0.114. The van der Waals surface area contributed by atoms with Crippen LogP contribution < -0.4 is 0 Å². The van der Waals surface area contributed by atoms with Gasteiger partial charge in [-0.3, -0.25) is 0 Å². The molecule has 3 rings (SSSR count). The molecule has 1 spiro atoms. The molecule has 1 aromatic carbocycles. The Morgan fingerprint density at radius 2 is 1.89 bits per heavy atom. The molecule has 18 heavy (non-hydrogen) atoms. The smallest absolute Gasteiger partial charge is 0.201 e. The third kappa shape index (κ3) is 2.64. The van der Waals surface area contributed by atoms with Crippen LogP contribution in [0.4, 0.5) is 0 Å². The average Bonchev–Trinajstić information content (AvgIpc) is 2.88. The summed E-state index contributed by atoms with van der Waals surface area (Å²) in [4.78, 5) is 10.9. The van der Waals surface area contributed by atoms with Gasteiger partial charge < -0.3 is 4.74 Å². The number of hydrogen-bond acceptors (Lipinski definition) is 3. The normalized spacial score (nSPS) is 27.0. The molecule has 2 aliphatic rings. The van der Waals surface area contributed by atoms with Crippen LogP contribution in [-0.2, 0) is 14.5 Å². The van der Waals surface area contributed by atoms with Gasteiger partial charge in [-0.15, -0.1) is 0 Å². The molecule has 2 fully saturated rings. The Hall–Kier alpha value is -1.16. The van der Waals surface area contributed by atoms with Crippen molar-refractivity contribution in [2.75, 3.05) is 6.61 Å². The zero-order chi connectivity index (χ0) is 12.3. The molecule has 0 N–H and O–H groups in total. The lowest BCUT2D eigenvalue weighted by molar-refractivity contribution is -0.477. The van der Waals surface area contributed by atoms with Crippen LogP contribution in [0.2, 0.25) is 0 Å². The van der Waals surface area contributed by atoms with E-state index in [4.69, 9.17) is 14.5 Å². The van der Waals surface area contributed by atoms with Gasteiger partial charge in [0.05, 0.1) is 6.61 Å². The van der Waals surface area contributed by atoms with Crippen LogP contribution in [0.5, 0.6) is 0 Å². The summed E-state index contributed by atoms with van der Waals surface area (Å²) < 4.78 is 5.83. The topological polar surface area (TPSA) is 27.7 Å². The molecule has 0 aromatic heterocycles. The van der Waals surface area contributed by atoms with Gasteiger partial charge in [0.15, 0.2) is 0 Å². The maximum Gasteiger partial charge on any atom is 0.201 e. The Morgan fingerprint density at radius 1 is 1.11 bits per heavy atom. The highest BCUT2D eigenvalue weighted by Gasteiger charge is 2.41. The maximum atomic E-state index is 5.83. The highest BCUT2D eigenvalue weighted by Crippen LogP contribution is 2.37. The van der Waals surface area contributed by atoms with Crippen molar-refractivity contribution < 1.29 is 14.5 Å². The third-order valence-corrected chi connectivity index (χ3v) is 3.50. The van der Waals surface area contributed by atoms with Crippen molar-refractivity contribution in [3.63, 3.8) is 0 Å². The van der Waals surface area contributed by atoms with E-state index in [1.807, 2.05) is 30.4 Å². The second-order valence-electron chi connectivity index (χ2n) is 4.92. The first kappa shape index (κ1) is 11.9. The fourth-order valence-electron chi connectivity index (χ4n) is 2.45. The third-order valence-electron chi connectivity index (χ3n) is 3.50. The van der Waals surface area contributed by atoms with E-state index < -0.39 is 5.79 Å². The molecule has 0 radical (unpaired) electrons. The van der Waals surface area contributed by atoms with E-state index >= 15 is 0 Å². The van der Waals surface area contributed by atoms with Crippen molar-refractivity contribution >= 4 is 6.08 Å². The summed E-state index contributed by atoms with van der Waals surface area (Å²) in [6, 6.07) is 10.1. The highest BCUT2D eigenvalue weighted by atomic mass is 17.2. The zero-order valence-electron chi connectivity index (χ0n) is 10.4. The van der Waals surface area contributed by atoms with Crippen LogP contribution in [0.1, 0.15) is 31.2 Å². The average molecular weight is 246 g/mol. The summed E-state index contributed by atoms with van der Waals surface area (Å²) in [6.45, 7) is 0.573. The van der Waals surface area contributed by atoms with Crippen molar-refractivity contribution in [2.45, 2.75) is 37.6 Å². The summed E-state index contributed by atoms with van der Waals surface area (Å²) in [5.41, 5.74) is 1.15. The number of ether oxygens (including phenoxy) is 1. The Bertz CT molecular complexity index is 397. The van der Waals surface area contributed by atoms with E-state index in [-0.39, 0.29) is 6.10 Å². The van der Waals surface area contributed by atoms with E-state index in [2.05, 4.69) is 12.1 Å². The van der Waals surface area contributed by atoms with Crippen LogP contribution in [0.25, 0.3) is 6.08 Å². The van der Waals surface area contributed by atoms with Gasteiger partial charge >= 0.3 is 0 Å². The van der Waals surface area contributed by atoms with Gasteiger partial charge in [0.1, 0.15) is 6.10 Å². The minimum atomic E-state index is -0.447. The number of rotatable bonds is 2. The van der Waals surface area contributed by atoms with Crippen molar-refractivity contribution in [1.82, 2.24) is 0 Å². The quantitative estimate of drug-likeness (QED) is 0.749. The van der Waals surface area contributed by atoms with Crippen LogP contribution >= 0.6 is 0 Å². The molecule has 1 unspecified atom stereocenters. The zero-order valence-corrected chi connectivity index (χ0v) is 10.4. The minimum Gasteiger partial charge on any atom is -0.344 e. The van der Waals surface area contributed by atoms with Crippen molar-refractivity contribution in [3.05, 3.63) is 42.0 Å². The lowest BCUT2D eigenvalue weighted by Crippen LogP contribution is -2.42. The summed E-state index contributed by atoms with van der Waals surface area (Å²) in [5.74, 6) is -0.447. The van der Waals surface area contributed by atoms with Gasteiger partial charge in [-0.1, -0.05) is 36.4 Å². The van der Waals surface area contributed by atoms with Gasteiger partial charge in [0.25, 0.3) is 0 Å². The van der Waals surface area contributed by atoms with Gasteiger partial charge in [0, 0.05) is 12.8 Å². The number of benzene rings is 1. The molecule has 1 saturated carbocycles. The molecule has 3 nitrogen and oxygen atoms in total. The van der Waals surface area contributed by atoms with Crippen molar-refractivity contribution in [2.24, 2.45) is 0 Å². The molecule has 1 heterocycles. The molecule has 1 aliphatic heterocycles. The lowest BCUT2D eigenvalue weighted by atomic mass is 10.2. The van der Waals surface area contributed by atoms with E-state index in [0.717, 1.165) is 31.2 Å². The molecule has 96 valence electrons. The van der Waals surface area contributed by atoms with E-state index in [9.17, 15) is 0 Å². The Morgan fingerprint density at radius 3 is 2.56 bits per heavy atom. The monoisotopic (exact) mass is 246 g/mol. The Balaban J connectivity index is 1.55. The first-order valence-corrected chi connectivity index (χ1v) is 6.58. The summed E-state index contributed by atoms with van der Waals surface area (Å²) >= 11 is 0. The molecule has 1 aromatic rings. The van der Waals surface area contributed by atoms with Gasteiger partial charge in [-0.05, 0) is 24.5 Å². The van der Waals surface area contributed by atoms with Crippen LogP contribution in [-0.4, -0.2) is 18.5 Å². The first-order chi connectivity index (χ1) is 8.86. The van der Waals surface area contributed by atoms with Gasteiger partial charge in [-0.2, -0.15) is 0 Å². The molecular formula is C15H18O3. The molecule has 1 saturated heterocycles. The highest BCUT2D eigenvalue weighted by molar-refractivity contribution is 5.49. The van der Waals surface area contributed by atoms with E-state index in [1.165, 1.54) is 0 Å². The summed E-state index contributed by atoms with van der Waals surface area (Å²) in [7, 11) is 0. The Labute approximate surface area is 107 Å². The Kier molecular flexibility index (Phi) is 3.46. The maximum absolute atomic E-state index is 5.83. The van der Waals surface area contributed by atoms with Gasteiger partial charge in [0.2, 0.25) is 5.79 Å². The molecular weight excluding hydrogens is 228 g/mol. The van der Waals surface area contributed by atoms with Crippen molar-refractivity contribution in [3.8, 4) is 0 Å². The second-order valence-corrected chi connectivity index (χ2v) is 4.92. The molecule has 3 heteroatoms. The standard InChI is InChI=1S/C15H18O3/c1-2-6-13(7-3-1)8-9-14-12-16-15(18-17-14)10-4-5-11-15/h1-3,6-9,14H,4-5,10-12H2. The predicted molar refractivity (Wildman–Crippen MR) is 68.6 cm³/mol. The van der Waals surface area contributed by atoms with Crippen LogP contribution in [0.3, 0.4) is 0 Å². The summed E-state index contributed by atoms with van der Waals surface area (Å²) in [6.07, 6.45) is 8.11. The van der Waals surface area contributed by atoms with E-state index in [1.54, 1.807) is 0 Å². The van der Waals surface area contributed by atoms with Gasteiger partial charge in [-0.25, -0.2) is 9.78 Å². The van der Waals surface area contributed by atoms with Crippen LogP contribution in [0.15, 0.2) is 36.4 Å². The van der Waals surface area contributed by atoms with Crippen LogP contribution in [0, 0.1) is 0 Å². The predicted octanol–water partition coefficient (Wildman–Crippen LogP) is 3.32. The van der Waals surface area contributed by atoms with Crippen molar-refractivity contribution in [1.29, 1.82) is 0 Å². The largest absolute Gasteiger partial charge is 0.344 e. The number of hydrogen-bond donors (Lipinski definition) is 0. The summed E-state index contributed by atoms with van der Waals surface area (Å²) in [5, 5.41) is 0. The molecule has 0 amide bonds. The molecule has 1 aliphatic carbocycles. The fourth-order valence-corrected chi connectivity index (χ4v) is 2.45. The first-order valence-electron chi connectivity index (χ1n) is 6.58. The SMILES string of the molecule is C(=CC1COC2(CCCC2)OO1)c1ccccc1. The molecule has 0 bridgehead atoms. The fraction of sp³-hybridized carbons (Fsp3) is 0.467. The van der Waals surface area contributed by atoms with E-state index in [0.29, 0.717) is 6.61 Å². The second kappa shape index (κ2) is 5.22. The molecule has 1 atom stereocenters. The lowest BCUT2D eigenvalue weighted by Gasteiger charge is -2.34.